The number of halogens is 3. The van der Waals surface area contributed by atoms with Crippen LogP contribution in [0.3, 0.4) is 0 Å². The van der Waals surface area contributed by atoms with E-state index in [9.17, 15) is 4.79 Å². The third-order valence-electron chi connectivity index (χ3n) is 5.80. The maximum atomic E-state index is 13.2. The second kappa shape index (κ2) is 10.4. The highest BCUT2D eigenvalue weighted by atomic mass is 35.5. The van der Waals surface area contributed by atoms with E-state index in [1.54, 1.807) is 48.7 Å². The summed E-state index contributed by atoms with van der Waals surface area (Å²) < 4.78 is 5.80. The molecular formula is C25H20Cl3N3O2. The predicted octanol–water partition coefficient (Wildman–Crippen LogP) is 6.24. The monoisotopic (exact) mass is 499 g/mol. The van der Waals surface area contributed by atoms with Crippen molar-refractivity contribution in [1.29, 1.82) is 5.26 Å². The van der Waals surface area contributed by atoms with Crippen molar-refractivity contribution in [1.82, 2.24) is 9.88 Å². The number of aromatic nitrogens is 1. The SMILES string of the molecule is N#Cc1ccc(C(=O)N2CC(CCOc3ccc(Cl)cn3)C(c3ccc(Cl)c(Cl)c3)C2)cc1. The Hall–Kier alpha value is -2.78. The van der Waals surface area contributed by atoms with Crippen molar-refractivity contribution in [3.05, 3.63) is 92.6 Å². The van der Waals surface area contributed by atoms with Gasteiger partial charge in [-0.05, 0) is 60.4 Å². The first-order valence-electron chi connectivity index (χ1n) is 10.4. The number of ether oxygens (including phenoxy) is 1. The molecule has 168 valence electrons. The molecule has 4 rings (SSSR count). The van der Waals surface area contributed by atoms with Crippen LogP contribution in [0.25, 0.3) is 0 Å². The minimum Gasteiger partial charge on any atom is -0.478 e. The highest BCUT2D eigenvalue weighted by Gasteiger charge is 2.36. The molecule has 8 heteroatoms. The molecule has 1 aromatic heterocycles. The molecule has 2 aromatic carbocycles. The van der Waals surface area contributed by atoms with Crippen molar-refractivity contribution in [3.63, 3.8) is 0 Å². The molecule has 0 bridgehead atoms. The first-order valence-corrected chi connectivity index (χ1v) is 11.6. The van der Waals surface area contributed by atoms with E-state index in [-0.39, 0.29) is 17.7 Å². The molecule has 33 heavy (non-hydrogen) atoms. The van der Waals surface area contributed by atoms with Crippen LogP contribution in [0.4, 0.5) is 0 Å². The molecule has 0 N–H and O–H groups in total. The minimum absolute atomic E-state index is 0.0627. The summed E-state index contributed by atoms with van der Waals surface area (Å²) in [4.78, 5) is 19.2. The van der Waals surface area contributed by atoms with Gasteiger partial charge in [0.2, 0.25) is 5.88 Å². The molecule has 1 aliphatic rings. The number of pyridine rings is 1. The Labute approximate surface area is 207 Å². The molecule has 0 saturated carbocycles. The Balaban J connectivity index is 1.50. The van der Waals surface area contributed by atoms with Crippen molar-refractivity contribution in [3.8, 4) is 11.9 Å². The van der Waals surface area contributed by atoms with Crippen molar-refractivity contribution in [2.75, 3.05) is 19.7 Å². The lowest BCUT2D eigenvalue weighted by Gasteiger charge is -2.19. The zero-order chi connectivity index (χ0) is 23.4. The molecule has 1 fully saturated rings. The van der Waals surface area contributed by atoms with E-state index in [0.29, 0.717) is 51.8 Å². The third kappa shape index (κ3) is 5.59. The molecule has 0 aliphatic carbocycles. The Bertz CT molecular complexity index is 1180. The topological polar surface area (TPSA) is 66.2 Å². The number of carbonyl (C=O) groups is 1. The van der Waals surface area contributed by atoms with Gasteiger partial charge in [0.15, 0.2) is 0 Å². The molecule has 0 radical (unpaired) electrons. The Morgan fingerprint density at radius 1 is 1.06 bits per heavy atom. The summed E-state index contributed by atoms with van der Waals surface area (Å²) >= 11 is 18.3. The summed E-state index contributed by atoms with van der Waals surface area (Å²) in [5.41, 5.74) is 2.12. The molecule has 1 amide bonds. The second-order valence-corrected chi connectivity index (χ2v) is 9.14. The van der Waals surface area contributed by atoms with Crippen molar-refractivity contribution in [2.24, 2.45) is 5.92 Å². The van der Waals surface area contributed by atoms with Gasteiger partial charge >= 0.3 is 0 Å². The Morgan fingerprint density at radius 2 is 1.85 bits per heavy atom. The van der Waals surface area contributed by atoms with Crippen LogP contribution in [0.1, 0.15) is 33.8 Å². The first-order chi connectivity index (χ1) is 15.9. The van der Waals surface area contributed by atoms with Crippen LogP contribution in [-0.4, -0.2) is 35.5 Å². The van der Waals surface area contributed by atoms with Crippen LogP contribution in [0.5, 0.6) is 5.88 Å². The molecule has 0 spiro atoms. The summed E-state index contributed by atoms with van der Waals surface area (Å²) in [5.74, 6) is 0.696. The largest absolute Gasteiger partial charge is 0.478 e. The minimum atomic E-state index is -0.0627. The van der Waals surface area contributed by atoms with Gasteiger partial charge in [-0.2, -0.15) is 5.26 Å². The molecule has 1 aliphatic heterocycles. The highest BCUT2D eigenvalue weighted by molar-refractivity contribution is 6.42. The number of hydrogen-bond acceptors (Lipinski definition) is 4. The van der Waals surface area contributed by atoms with E-state index in [0.717, 1.165) is 12.0 Å². The van der Waals surface area contributed by atoms with Crippen LogP contribution >= 0.6 is 34.8 Å². The van der Waals surface area contributed by atoms with Crippen LogP contribution in [0.15, 0.2) is 60.8 Å². The fourth-order valence-corrected chi connectivity index (χ4v) is 4.50. The average Bonchev–Trinajstić information content (AvgIpc) is 3.26. The van der Waals surface area contributed by atoms with E-state index >= 15 is 0 Å². The maximum absolute atomic E-state index is 13.2. The number of benzene rings is 2. The van der Waals surface area contributed by atoms with Gasteiger partial charge in [0.05, 0.1) is 33.3 Å². The zero-order valence-corrected chi connectivity index (χ0v) is 19.8. The molecule has 2 heterocycles. The summed E-state index contributed by atoms with van der Waals surface area (Å²) in [5, 5.41) is 10.5. The predicted molar refractivity (Wildman–Crippen MR) is 129 cm³/mol. The number of hydrogen-bond donors (Lipinski definition) is 0. The standard InChI is InChI=1S/C25H20Cl3N3O2/c26-20-6-8-24(30-13-20)33-10-9-19-14-31(25(32)17-3-1-16(12-29)2-4-17)15-21(19)18-5-7-22(27)23(28)11-18/h1-8,11,13,19,21H,9-10,14-15H2. The lowest BCUT2D eigenvalue weighted by Crippen LogP contribution is -2.29. The average molecular weight is 501 g/mol. The smallest absolute Gasteiger partial charge is 0.253 e. The van der Waals surface area contributed by atoms with E-state index in [4.69, 9.17) is 44.8 Å². The maximum Gasteiger partial charge on any atom is 0.253 e. The number of carbonyl (C=O) groups excluding carboxylic acids is 1. The van der Waals surface area contributed by atoms with Gasteiger partial charge in [-0.1, -0.05) is 40.9 Å². The number of nitriles is 1. The third-order valence-corrected chi connectivity index (χ3v) is 6.76. The Morgan fingerprint density at radius 3 is 2.52 bits per heavy atom. The van der Waals surface area contributed by atoms with Gasteiger partial charge in [-0.25, -0.2) is 4.98 Å². The molecule has 2 unspecified atom stereocenters. The first kappa shape index (κ1) is 23.4. The molecule has 3 aromatic rings. The molecule has 1 saturated heterocycles. The van der Waals surface area contributed by atoms with Crippen molar-refractivity contribution >= 4 is 40.7 Å². The van der Waals surface area contributed by atoms with Crippen molar-refractivity contribution in [2.45, 2.75) is 12.3 Å². The molecular weight excluding hydrogens is 481 g/mol. The highest BCUT2D eigenvalue weighted by Crippen LogP contribution is 2.37. The summed E-state index contributed by atoms with van der Waals surface area (Å²) in [7, 11) is 0. The normalized spacial score (nSPS) is 17.6. The Kier molecular flexibility index (Phi) is 7.39. The van der Waals surface area contributed by atoms with Gasteiger partial charge in [0.25, 0.3) is 5.91 Å². The van der Waals surface area contributed by atoms with E-state index in [1.807, 2.05) is 17.0 Å². The van der Waals surface area contributed by atoms with Crippen LogP contribution in [0, 0.1) is 17.2 Å². The lowest BCUT2D eigenvalue weighted by molar-refractivity contribution is 0.0784. The van der Waals surface area contributed by atoms with E-state index in [2.05, 4.69) is 11.1 Å². The fraction of sp³-hybridized carbons (Fsp3) is 0.240. The second-order valence-electron chi connectivity index (χ2n) is 7.89. The van der Waals surface area contributed by atoms with Gasteiger partial charge in [0, 0.05) is 36.8 Å². The molecule has 2 atom stereocenters. The number of rotatable bonds is 6. The molecule has 5 nitrogen and oxygen atoms in total. The number of nitrogens with zero attached hydrogens (tertiary/aromatic N) is 3. The van der Waals surface area contributed by atoms with Crippen LogP contribution in [0.2, 0.25) is 15.1 Å². The summed E-state index contributed by atoms with van der Waals surface area (Å²) in [6, 6.07) is 17.9. The number of likely N-dealkylation sites (tertiary alicyclic amines) is 1. The summed E-state index contributed by atoms with van der Waals surface area (Å²) in [6.07, 6.45) is 2.27. The van der Waals surface area contributed by atoms with E-state index in [1.165, 1.54) is 0 Å². The van der Waals surface area contributed by atoms with Gasteiger partial charge < -0.3 is 9.64 Å². The fourth-order valence-electron chi connectivity index (χ4n) is 4.08. The zero-order valence-electron chi connectivity index (χ0n) is 17.5. The van der Waals surface area contributed by atoms with E-state index < -0.39 is 0 Å². The quantitative estimate of drug-likeness (QED) is 0.402. The number of amides is 1. The van der Waals surface area contributed by atoms with Crippen molar-refractivity contribution < 1.29 is 9.53 Å². The van der Waals surface area contributed by atoms with Gasteiger partial charge in [-0.15, -0.1) is 0 Å². The van der Waals surface area contributed by atoms with Crippen LogP contribution < -0.4 is 4.74 Å². The van der Waals surface area contributed by atoms with Gasteiger partial charge in [-0.3, -0.25) is 4.79 Å². The lowest BCUT2D eigenvalue weighted by atomic mass is 9.87. The summed E-state index contributed by atoms with van der Waals surface area (Å²) in [6.45, 7) is 1.60. The van der Waals surface area contributed by atoms with Gasteiger partial charge in [0.1, 0.15) is 0 Å². The van der Waals surface area contributed by atoms with Crippen LogP contribution in [-0.2, 0) is 0 Å².